The molecular weight excluding hydrogens is 374 g/mol. The standard InChI is InChI=1S/C21H21N3O5/c1-12-22-16-9-14(4-6-18(16)29-12)23-21(26)13-8-20(25)24(11-13)17-10-15(27-2)5-7-19(17)28-3/h4-7,9-10,13H,8,11H2,1-3H3,(H,23,26). The van der Waals surface area contributed by atoms with Crippen LogP contribution >= 0.6 is 0 Å². The van der Waals surface area contributed by atoms with E-state index in [0.717, 1.165) is 0 Å². The number of amides is 2. The van der Waals surface area contributed by atoms with E-state index in [1.165, 1.54) is 7.11 Å². The van der Waals surface area contributed by atoms with Crippen LogP contribution in [-0.4, -0.2) is 37.6 Å². The van der Waals surface area contributed by atoms with Crippen molar-refractivity contribution < 1.29 is 23.5 Å². The van der Waals surface area contributed by atoms with Gasteiger partial charge in [0.05, 0.1) is 25.8 Å². The highest BCUT2D eigenvalue weighted by Crippen LogP contribution is 2.36. The molecule has 1 fully saturated rings. The molecule has 0 radical (unpaired) electrons. The number of hydrogen-bond acceptors (Lipinski definition) is 6. The van der Waals surface area contributed by atoms with E-state index in [0.29, 0.717) is 39.9 Å². The summed E-state index contributed by atoms with van der Waals surface area (Å²) in [4.78, 5) is 31.2. The Balaban J connectivity index is 1.51. The number of carbonyl (C=O) groups is 2. The molecule has 1 saturated heterocycles. The van der Waals surface area contributed by atoms with Gasteiger partial charge < -0.3 is 24.1 Å². The van der Waals surface area contributed by atoms with Crippen molar-refractivity contribution in [1.29, 1.82) is 0 Å². The van der Waals surface area contributed by atoms with Crippen LogP contribution in [0.15, 0.2) is 40.8 Å². The highest BCUT2D eigenvalue weighted by atomic mass is 16.5. The zero-order valence-corrected chi connectivity index (χ0v) is 16.4. The molecule has 1 N–H and O–H groups in total. The van der Waals surface area contributed by atoms with Crippen molar-refractivity contribution in [1.82, 2.24) is 4.98 Å². The maximum Gasteiger partial charge on any atom is 0.229 e. The molecule has 4 rings (SSSR count). The Morgan fingerprint density at radius 1 is 1.21 bits per heavy atom. The van der Waals surface area contributed by atoms with Gasteiger partial charge in [0, 0.05) is 31.6 Å². The Morgan fingerprint density at radius 2 is 2.03 bits per heavy atom. The summed E-state index contributed by atoms with van der Waals surface area (Å²) in [6.07, 6.45) is 0.123. The van der Waals surface area contributed by atoms with Crippen LogP contribution in [0.2, 0.25) is 0 Å². The van der Waals surface area contributed by atoms with E-state index >= 15 is 0 Å². The number of methoxy groups -OCH3 is 2. The van der Waals surface area contributed by atoms with Crippen molar-refractivity contribution in [3.63, 3.8) is 0 Å². The van der Waals surface area contributed by atoms with Crippen molar-refractivity contribution in [3.8, 4) is 11.5 Å². The van der Waals surface area contributed by atoms with Gasteiger partial charge >= 0.3 is 0 Å². The van der Waals surface area contributed by atoms with Gasteiger partial charge in [-0.3, -0.25) is 9.59 Å². The number of anilines is 2. The molecular formula is C21H21N3O5. The first kappa shape index (κ1) is 18.8. The Bertz CT molecular complexity index is 1090. The molecule has 2 amide bonds. The van der Waals surface area contributed by atoms with Crippen molar-refractivity contribution >= 4 is 34.3 Å². The van der Waals surface area contributed by atoms with Crippen LogP contribution in [-0.2, 0) is 9.59 Å². The Kier molecular flexibility index (Phi) is 4.84. The van der Waals surface area contributed by atoms with Gasteiger partial charge in [0.1, 0.15) is 17.0 Å². The Morgan fingerprint density at radius 3 is 2.79 bits per heavy atom. The van der Waals surface area contributed by atoms with E-state index in [-0.39, 0.29) is 24.8 Å². The topological polar surface area (TPSA) is 93.9 Å². The molecule has 0 aliphatic carbocycles. The maximum absolute atomic E-state index is 12.8. The number of benzene rings is 2. The number of rotatable bonds is 5. The van der Waals surface area contributed by atoms with Crippen LogP contribution in [0.5, 0.6) is 11.5 Å². The SMILES string of the molecule is COc1ccc(OC)c(N2CC(C(=O)Nc3ccc4oc(C)nc4c3)CC2=O)c1. The summed E-state index contributed by atoms with van der Waals surface area (Å²) in [7, 11) is 3.10. The van der Waals surface area contributed by atoms with Gasteiger partial charge in [0.25, 0.3) is 0 Å². The van der Waals surface area contributed by atoms with E-state index in [4.69, 9.17) is 13.9 Å². The average Bonchev–Trinajstić information content (AvgIpc) is 3.28. The maximum atomic E-state index is 12.8. The van der Waals surface area contributed by atoms with Crippen LogP contribution < -0.4 is 19.7 Å². The van der Waals surface area contributed by atoms with E-state index < -0.39 is 5.92 Å². The lowest BCUT2D eigenvalue weighted by atomic mass is 10.1. The van der Waals surface area contributed by atoms with Gasteiger partial charge in [-0.15, -0.1) is 0 Å². The molecule has 1 unspecified atom stereocenters. The predicted octanol–water partition coefficient (Wildman–Crippen LogP) is 3.15. The Labute approximate surface area is 167 Å². The first-order valence-electron chi connectivity index (χ1n) is 9.19. The summed E-state index contributed by atoms with van der Waals surface area (Å²) < 4.78 is 16.1. The first-order valence-corrected chi connectivity index (χ1v) is 9.19. The summed E-state index contributed by atoms with van der Waals surface area (Å²) >= 11 is 0. The van der Waals surface area contributed by atoms with Gasteiger partial charge in [0.15, 0.2) is 11.5 Å². The lowest BCUT2D eigenvalue weighted by Crippen LogP contribution is -2.28. The molecule has 8 heteroatoms. The first-order chi connectivity index (χ1) is 14.0. The van der Waals surface area contributed by atoms with Crippen LogP contribution in [0, 0.1) is 12.8 Å². The van der Waals surface area contributed by atoms with E-state index in [9.17, 15) is 9.59 Å². The largest absolute Gasteiger partial charge is 0.497 e. The molecule has 150 valence electrons. The van der Waals surface area contributed by atoms with Crippen LogP contribution in [0.1, 0.15) is 12.3 Å². The van der Waals surface area contributed by atoms with E-state index in [2.05, 4.69) is 10.3 Å². The molecule has 1 aliphatic rings. The summed E-state index contributed by atoms with van der Waals surface area (Å²) in [6.45, 7) is 2.03. The molecule has 1 aliphatic heterocycles. The molecule has 2 heterocycles. The van der Waals surface area contributed by atoms with Gasteiger partial charge in [0.2, 0.25) is 11.8 Å². The molecule has 29 heavy (non-hydrogen) atoms. The molecule has 1 atom stereocenters. The van der Waals surface area contributed by atoms with E-state index in [1.807, 2.05) is 0 Å². The van der Waals surface area contributed by atoms with Gasteiger partial charge in [-0.2, -0.15) is 0 Å². The lowest BCUT2D eigenvalue weighted by Gasteiger charge is -2.20. The summed E-state index contributed by atoms with van der Waals surface area (Å²) in [5, 5.41) is 2.87. The van der Waals surface area contributed by atoms with E-state index in [1.54, 1.807) is 55.3 Å². The monoisotopic (exact) mass is 395 g/mol. The van der Waals surface area contributed by atoms with Crippen LogP contribution in [0.3, 0.4) is 0 Å². The van der Waals surface area contributed by atoms with Crippen LogP contribution in [0.4, 0.5) is 11.4 Å². The lowest BCUT2D eigenvalue weighted by molar-refractivity contribution is -0.122. The fraction of sp³-hybridized carbons (Fsp3) is 0.286. The Hall–Kier alpha value is -3.55. The molecule has 0 saturated carbocycles. The zero-order valence-electron chi connectivity index (χ0n) is 16.4. The third kappa shape index (κ3) is 3.61. The summed E-state index contributed by atoms with van der Waals surface area (Å²) in [5.41, 5.74) is 2.53. The third-order valence-electron chi connectivity index (χ3n) is 4.93. The predicted molar refractivity (Wildman–Crippen MR) is 107 cm³/mol. The normalized spacial score (nSPS) is 16.3. The molecule has 3 aromatic rings. The van der Waals surface area contributed by atoms with Gasteiger partial charge in [-0.05, 0) is 30.3 Å². The number of carbonyl (C=O) groups excluding carboxylic acids is 2. The second-order valence-electron chi connectivity index (χ2n) is 6.85. The third-order valence-corrected chi connectivity index (χ3v) is 4.93. The molecule has 0 bridgehead atoms. The second-order valence-corrected chi connectivity index (χ2v) is 6.85. The molecule has 1 aromatic heterocycles. The summed E-state index contributed by atoms with van der Waals surface area (Å²) in [5.74, 6) is 0.882. The minimum Gasteiger partial charge on any atom is -0.497 e. The van der Waals surface area contributed by atoms with Crippen molar-refractivity contribution in [3.05, 3.63) is 42.3 Å². The fourth-order valence-electron chi connectivity index (χ4n) is 3.49. The number of hydrogen-bond donors (Lipinski definition) is 1. The number of nitrogens with one attached hydrogen (secondary N) is 1. The smallest absolute Gasteiger partial charge is 0.229 e. The average molecular weight is 395 g/mol. The van der Waals surface area contributed by atoms with Gasteiger partial charge in [-0.1, -0.05) is 0 Å². The summed E-state index contributed by atoms with van der Waals surface area (Å²) in [6, 6.07) is 10.5. The number of aromatic nitrogens is 1. The number of nitrogens with zero attached hydrogens (tertiary/aromatic N) is 2. The molecule has 0 spiro atoms. The van der Waals surface area contributed by atoms with Crippen molar-refractivity contribution in [2.24, 2.45) is 5.92 Å². The highest BCUT2D eigenvalue weighted by molar-refractivity contribution is 6.04. The highest BCUT2D eigenvalue weighted by Gasteiger charge is 2.36. The zero-order chi connectivity index (χ0) is 20.5. The number of oxazole rings is 1. The van der Waals surface area contributed by atoms with Crippen LogP contribution in [0.25, 0.3) is 11.1 Å². The minimum atomic E-state index is -0.479. The minimum absolute atomic E-state index is 0.123. The molecule has 8 nitrogen and oxygen atoms in total. The molecule has 2 aromatic carbocycles. The van der Waals surface area contributed by atoms with Crippen molar-refractivity contribution in [2.45, 2.75) is 13.3 Å². The second kappa shape index (κ2) is 7.46. The quantitative estimate of drug-likeness (QED) is 0.713. The number of fused-ring (bicyclic) bond motifs is 1. The number of ether oxygens (including phenoxy) is 2. The fourth-order valence-corrected chi connectivity index (χ4v) is 3.49. The van der Waals surface area contributed by atoms with Gasteiger partial charge in [-0.25, -0.2) is 4.98 Å². The van der Waals surface area contributed by atoms with Crippen molar-refractivity contribution in [2.75, 3.05) is 31.0 Å². The number of aryl methyl sites for hydroxylation is 1.